The molecule has 0 fully saturated rings. The maximum atomic E-state index is 8.69. The van der Waals surface area contributed by atoms with Crippen LogP contribution >= 0.6 is 0 Å². The Balaban J connectivity index is 2.85. The second kappa shape index (κ2) is 5.63. The largest absolute Gasteiger partial charge is 0.409 e. The molecule has 0 amide bonds. The fourth-order valence-corrected chi connectivity index (χ4v) is 1.32. The molecule has 0 radical (unpaired) electrons. The van der Waals surface area contributed by atoms with Crippen molar-refractivity contribution in [2.24, 2.45) is 10.9 Å². The highest BCUT2D eigenvalue weighted by molar-refractivity contribution is 5.96. The van der Waals surface area contributed by atoms with Gasteiger partial charge < -0.3 is 16.3 Å². The maximum Gasteiger partial charge on any atom is 0.189 e. The summed E-state index contributed by atoms with van der Waals surface area (Å²) in [5, 5.41) is 15.1. The van der Waals surface area contributed by atoms with Gasteiger partial charge in [-0.25, -0.2) is 0 Å². The van der Waals surface area contributed by atoms with Crippen molar-refractivity contribution >= 4 is 5.84 Å². The highest BCUT2D eigenvalue weighted by atomic mass is 16.4. The number of hydrogen-bond acceptors (Lipinski definition) is 4. The summed E-state index contributed by atoms with van der Waals surface area (Å²) in [6.45, 7) is 7.03. The van der Waals surface area contributed by atoms with Crippen LogP contribution < -0.4 is 11.1 Å². The van der Waals surface area contributed by atoms with E-state index in [1.165, 1.54) is 0 Å². The van der Waals surface area contributed by atoms with Crippen molar-refractivity contribution in [3.8, 4) is 0 Å². The summed E-state index contributed by atoms with van der Waals surface area (Å²) < 4.78 is 0. The smallest absolute Gasteiger partial charge is 0.189 e. The summed E-state index contributed by atoms with van der Waals surface area (Å²) in [6.07, 6.45) is 2.65. The van der Waals surface area contributed by atoms with Crippen LogP contribution in [0.5, 0.6) is 0 Å². The first-order valence-electron chi connectivity index (χ1n) is 5.67. The molecule has 1 heterocycles. The standard InChI is InChI=1S/C12H20N4O/c1-4-12(2,3)15-8-9-6-5-7-14-10(9)11(13)16-17/h5-7,15,17H,4,8H2,1-3H3,(H2,13,16). The molecule has 0 aliphatic heterocycles. The fourth-order valence-electron chi connectivity index (χ4n) is 1.32. The van der Waals surface area contributed by atoms with Gasteiger partial charge in [-0.3, -0.25) is 4.98 Å². The lowest BCUT2D eigenvalue weighted by Crippen LogP contribution is -2.38. The normalized spacial score (nSPS) is 12.8. The summed E-state index contributed by atoms with van der Waals surface area (Å²) >= 11 is 0. The Hall–Kier alpha value is -1.62. The SMILES string of the molecule is CCC(C)(C)NCc1cccnc1C(N)=NO. The molecule has 1 aromatic rings. The number of nitrogens with two attached hydrogens (primary N) is 1. The Labute approximate surface area is 102 Å². The van der Waals surface area contributed by atoms with Crippen molar-refractivity contribution in [3.63, 3.8) is 0 Å². The van der Waals surface area contributed by atoms with Crippen LogP contribution in [0, 0.1) is 0 Å². The third-order valence-electron chi connectivity index (χ3n) is 2.88. The van der Waals surface area contributed by atoms with Crippen molar-refractivity contribution in [1.29, 1.82) is 0 Å². The first-order chi connectivity index (χ1) is 8.00. The monoisotopic (exact) mass is 236 g/mol. The van der Waals surface area contributed by atoms with Crippen LogP contribution in [0.25, 0.3) is 0 Å². The van der Waals surface area contributed by atoms with E-state index in [2.05, 4.69) is 36.2 Å². The zero-order valence-electron chi connectivity index (χ0n) is 10.6. The first kappa shape index (κ1) is 13.4. The fraction of sp³-hybridized carbons (Fsp3) is 0.500. The molecule has 0 saturated carbocycles. The molecule has 0 spiro atoms. The van der Waals surface area contributed by atoms with Gasteiger partial charge in [-0.05, 0) is 31.9 Å². The quantitative estimate of drug-likeness (QED) is 0.313. The van der Waals surface area contributed by atoms with E-state index in [0.717, 1.165) is 12.0 Å². The molecule has 0 atom stereocenters. The van der Waals surface area contributed by atoms with Gasteiger partial charge in [0, 0.05) is 18.3 Å². The predicted octanol–water partition coefficient (Wildman–Crippen LogP) is 1.45. The molecule has 5 nitrogen and oxygen atoms in total. The number of oxime groups is 1. The lowest BCUT2D eigenvalue weighted by atomic mass is 10.0. The Morgan fingerprint density at radius 3 is 2.88 bits per heavy atom. The van der Waals surface area contributed by atoms with Crippen molar-refractivity contribution in [3.05, 3.63) is 29.6 Å². The van der Waals surface area contributed by atoms with Gasteiger partial charge in [0.05, 0.1) is 0 Å². The van der Waals surface area contributed by atoms with Gasteiger partial charge in [0.25, 0.3) is 0 Å². The van der Waals surface area contributed by atoms with Crippen LogP contribution in [-0.2, 0) is 6.54 Å². The number of hydrogen-bond donors (Lipinski definition) is 3. The Morgan fingerprint density at radius 1 is 1.59 bits per heavy atom. The van der Waals surface area contributed by atoms with Gasteiger partial charge in [0.1, 0.15) is 5.69 Å². The van der Waals surface area contributed by atoms with Gasteiger partial charge in [-0.1, -0.05) is 18.1 Å². The molecule has 0 unspecified atom stereocenters. The van der Waals surface area contributed by atoms with E-state index in [1.54, 1.807) is 6.20 Å². The van der Waals surface area contributed by atoms with Gasteiger partial charge in [-0.2, -0.15) is 0 Å². The number of rotatable bonds is 5. The summed E-state index contributed by atoms with van der Waals surface area (Å²) in [6, 6.07) is 3.75. The Kier molecular flexibility index (Phi) is 4.45. The molecule has 1 aromatic heterocycles. The number of amidine groups is 1. The van der Waals surface area contributed by atoms with E-state index in [4.69, 9.17) is 10.9 Å². The highest BCUT2D eigenvalue weighted by Crippen LogP contribution is 2.11. The van der Waals surface area contributed by atoms with E-state index >= 15 is 0 Å². The second-order valence-electron chi connectivity index (χ2n) is 4.59. The minimum Gasteiger partial charge on any atom is -0.409 e. The van der Waals surface area contributed by atoms with Crippen LogP contribution in [0.2, 0.25) is 0 Å². The molecule has 0 bridgehead atoms. The summed E-state index contributed by atoms with van der Waals surface area (Å²) in [5.41, 5.74) is 7.07. The average Bonchev–Trinajstić information content (AvgIpc) is 2.36. The van der Waals surface area contributed by atoms with E-state index in [-0.39, 0.29) is 11.4 Å². The van der Waals surface area contributed by atoms with Gasteiger partial charge in [0.15, 0.2) is 5.84 Å². The molecule has 5 heteroatoms. The maximum absolute atomic E-state index is 8.69. The lowest BCUT2D eigenvalue weighted by molar-refractivity contribution is 0.318. The number of nitrogens with one attached hydrogen (secondary N) is 1. The predicted molar refractivity (Wildman–Crippen MR) is 68.0 cm³/mol. The summed E-state index contributed by atoms with van der Waals surface area (Å²) in [5.74, 6) is 0.0386. The molecule has 94 valence electrons. The van der Waals surface area contributed by atoms with Gasteiger partial charge in [0.2, 0.25) is 0 Å². The molecule has 1 rings (SSSR count). The van der Waals surface area contributed by atoms with Crippen LogP contribution in [0.3, 0.4) is 0 Å². The number of pyridine rings is 1. The van der Waals surface area contributed by atoms with Crippen LogP contribution in [0.15, 0.2) is 23.5 Å². The van der Waals surface area contributed by atoms with Crippen molar-refractivity contribution in [1.82, 2.24) is 10.3 Å². The minimum absolute atomic E-state index is 0.0386. The third-order valence-corrected chi connectivity index (χ3v) is 2.88. The van der Waals surface area contributed by atoms with Crippen molar-refractivity contribution in [2.45, 2.75) is 39.3 Å². The van der Waals surface area contributed by atoms with Crippen molar-refractivity contribution in [2.75, 3.05) is 0 Å². The molecular formula is C12H20N4O. The molecule has 0 saturated heterocycles. The Bertz CT molecular complexity index is 401. The van der Waals surface area contributed by atoms with Crippen molar-refractivity contribution < 1.29 is 5.21 Å². The highest BCUT2D eigenvalue weighted by Gasteiger charge is 2.15. The molecule has 4 N–H and O–H groups in total. The van der Waals surface area contributed by atoms with Crippen LogP contribution in [-0.4, -0.2) is 21.6 Å². The summed E-state index contributed by atoms with van der Waals surface area (Å²) in [4.78, 5) is 4.12. The number of aromatic nitrogens is 1. The van der Waals surface area contributed by atoms with E-state index in [9.17, 15) is 0 Å². The number of nitrogens with zero attached hydrogens (tertiary/aromatic N) is 2. The van der Waals surface area contributed by atoms with E-state index in [0.29, 0.717) is 12.2 Å². The first-order valence-corrected chi connectivity index (χ1v) is 5.67. The molecule has 0 aromatic carbocycles. The van der Waals surface area contributed by atoms with E-state index in [1.807, 2.05) is 12.1 Å². The van der Waals surface area contributed by atoms with Gasteiger partial charge >= 0.3 is 0 Å². The molecule has 0 aliphatic carbocycles. The molecule has 17 heavy (non-hydrogen) atoms. The Morgan fingerprint density at radius 2 is 2.29 bits per heavy atom. The van der Waals surface area contributed by atoms with Crippen LogP contribution in [0.1, 0.15) is 38.4 Å². The zero-order chi connectivity index (χ0) is 12.9. The van der Waals surface area contributed by atoms with Gasteiger partial charge in [-0.15, -0.1) is 0 Å². The average molecular weight is 236 g/mol. The van der Waals surface area contributed by atoms with E-state index < -0.39 is 0 Å². The molecular weight excluding hydrogens is 216 g/mol. The third kappa shape index (κ3) is 3.71. The lowest BCUT2D eigenvalue weighted by Gasteiger charge is -2.25. The molecule has 0 aliphatic rings. The zero-order valence-corrected chi connectivity index (χ0v) is 10.6. The topological polar surface area (TPSA) is 83.5 Å². The van der Waals surface area contributed by atoms with Crippen LogP contribution in [0.4, 0.5) is 0 Å². The second-order valence-corrected chi connectivity index (χ2v) is 4.59. The summed E-state index contributed by atoms with van der Waals surface area (Å²) in [7, 11) is 0. The minimum atomic E-state index is 0.0386.